The van der Waals surface area contributed by atoms with Gasteiger partial charge in [0.1, 0.15) is 6.04 Å². The van der Waals surface area contributed by atoms with Gasteiger partial charge in [-0.1, -0.05) is 6.42 Å². The minimum atomic E-state index is -0.956. The molecule has 1 aliphatic heterocycles. The van der Waals surface area contributed by atoms with Crippen LogP contribution < -0.4 is 5.32 Å². The van der Waals surface area contributed by atoms with Crippen molar-refractivity contribution in [3.05, 3.63) is 11.1 Å². The summed E-state index contributed by atoms with van der Waals surface area (Å²) >= 11 is 1.29. The van der Waals surface area contributed by atoms with E-state index < -0.39 is 12.0 Å². The van der Waals surface area contributed by atoms with Gasteiger partial charge in [0.2, 0.25) is 11.8 Å². The van der Waals surface area contributed by atoms with E-state index in [9.17, 15) is 14.4 Å². The molecule has 2 amide bonds. The topological polar surface area (TPSA) is 99.6 Å². The van der Waals surface area contributed by atoms with Crippen LogP contribution in [0.1, 0.15) is 37.8 Å². The van der Waals surface area contributed by atoms with Crippen LogP contribution >= 0.6 is 11.3 Å². The van der Waals surface area contributed by atoms with Gasteiger partial charge in [0.05, 0.1) is 12.1 Å². The summed E-state index contributed by atoms with van der Waals surface area (Å²) in [5.41, 5.74) is 0.569. The van der Waals surface area contributed by atoms with Crippen LogP contribution in [0.2, 0.25) is 0 Å². The second kappa shape index (κ2) is 6.66. The predicted molar refractivity (Wildman–Crippen MR) is 84.2 cm³/mol. The Morgan fingerprint density at radius 2 is 2.09 bits per heavy atom. The van der Waals surface area contributed by atoms with Crippen molar-refractivity contribution >= 4 is 34.3 Å². The van der Waals surface area contributed by atoms with Crippen molar-refractivity contribution in [3.63, 3.8) is 0 Å². The lowest BCUT2D eigenvalue weighted by Crippen LogP contribution is -2.41. The van der Waals surface area contributed by atoms with E-state index in [1.54, 1.807) is 5.38 Å². The monoisotopic (exact) mass is 337 g/mol. The molecular formula is C15H19N3O4S. The van der Waals surface area contributed by atoms with E-state index in [2.05, 4.69) is 10.3 Å². The molecule has 1 saturated heterocycles. The molecule has 2 N–H and O–H groups in total. The third-order valence-electron chi connectivity index (χ3n) is 4.45. The first-order valence-corrected chi connectivity index (χ1v) is 8.70. The van der Waals surface area contributed by atoms with Crippen molar-refractivity contribution in [2.45, 2.75) is 44.6 Å². The third kappa shape index (κ3) is 3.52. The molecule has 1 saturated carbocycles. The van der Waals surface area contributed by atoms with Gasteiger partial charge in [-0.05, 0) is 25.7 Å². The number of thiazole rings is 1. The Labute approximate surface area is 137 Å². The van der Waals surface area contributed by atoms with Crippen molar-refractivity contribution in [3.8, 4) is 0 Å². The first-order chi connectivity index (χ1) is 11.0. The number of hydrogen-bond donors (Lipinski definition) is 2. The smallest absolute Gasteiger partial charge is 0.326 e. The van der Waals surface area contributed by atoms with Crippen molar-refractivity contribution in [1.29, 1.82) is 0 Å². The molecule has 0 bridgehead atoms. The number of carboxylic acid groups (broad SMARTS) is 1. The first kappa shape index (κ1) is 15.9. The van der Waals surface area contributed by atoms with E-state index in [1.165, 1.54) is 16.2 Å². The largest absolute Gasteiger partial charge is 0.480 e. The molecule has 0 spiro atoms. The van der Waals surface area contributed by atoms with Crippen molar-refractivity contribution in [1.82, 2.24) is 9.88 Å². The Morgan fingerprint density at radius 3 is 2.74 bits per heavy atom. The van der Waals surface area contributed by atoms with Crippen LogP contribution in [0.5, 0.6) is 0 Å². The number of aliphatic carboxylic acids is 1. The number of likely N-dealkylation sites (tertiary alicyclic amines) is 1. The number of hydrogen-bond acceptors (Lipinski definition) is 5. The molecule has 23 heavy (non-hydrogen) atoms. The lowest BCUT2D eigenvalue weighted by atomic mass is 9.85. The number of amides is 2. The minimum Gasteiger partial charge on any atom is -0.480 e. The summed E-state index contributed by atoms with van der Waals surface area (Å²) in [5.74, 6) is -1.10. The number of carboxylic acids is 1. The van der Waals surface area contributed by atoms with Crippen LogP contribution in [0.25, 0.3) is 0 Å². The Kier molecular flexibility index (Phi) is 4.61. The second-order valence-corrected chi connectivity index (χ2v) is 6.88. The highest BCUT2D eigenvalue weighted by Gasteiger charge is 2.34. The summed E-state index contributed by atoms with van der Waals surface area (Å²) in [6.07, 6.45) is 4.22. The maximum Gasteiger partial charge on any atom is 0.326 e. The molecule has 2 fully saturated rings. The van der Waals surface area contributed by atoms with Crippen molar-refractivity contribution < 1.29 is 19.5 Å². The van der Waals surface area contributed by atoms with Crippen LogP contribution in [0.4, 0.5) is 5.13 Å². The van der Waals surface area contributed by atoms with Gasteiger partial charge in [0.25, 0.3) is 0 Å². The molecule has 0 radical (unpaired) electrons. The molecule has 2 heterocycles. The maximum atomic E-state index is 12.3. The van der Waals surface area contributed by atoms with Gasteiger partial charge < -0.3 is 15.3 Å². The Bertz CT molecular complexity index is 626. The van der Waals surface area contributed by atoms with Crippen LogP contribution in [0, 0.1) is 5.92 Å². The summed E-state index contributed by atoms with van der Waals surface area (Å²) in [6.45, 7) is 0.477. The zero-order valence-corrected chi connectivity index (χ0v) is 13.5. The Morgan fingerprint density at radius 1 is 1.30 bits per heavy atom. The Hall–Kier alpha value is -1.96. The number of nitrogens with one attached hydrogen (secondary N) is 1. The average molecular weight is 337 g/mol. The highest BCUT2D eigenvalue weighted by molar-refractivity contribution is 7.13. The van der Waals surface area contributed by atoms with Gasteiger partial charge in [0.15, 0.2) is 5.13 Å². The molecular weight excluding hydrogens is 318 g/mol. The van der Waals surface area contributed by atoms with Crippen LogP contribution in [-0.2, 0) is 20.8 Å². The SMILES string of the molecule is O=C(Nc1nc(CC(=O)N2CCCC2C(=O)O)cs1)C1CCC1. The second-order valence-electron chi connectivity index (χ2n) is 6.02. The standard InChI is InChI=1S/C15H19N3O4S/c19-12(18-6-2-5-11(18)14(21)22)7-10-8-23-15(16-10)17-13(20)9-3-1-4-9/h8-9,11H,1-7H2,(H,21,22)(H,16,17,20). The van der Waals surface area contributed by atoms with Gasteiger partial charge in [-0.15, -0.1) is 11.3 Å². The number of anilines is 1. The summed E-state index contributed by atoms with van der Waals surface area (Å²) < 4.78 is 0. The maximum absolute atomic E-state index is 12.3. The molecule has 1 aliphatic carbocycles. The molecule has 1 atom stereocenters. The van der Waals surface area contributed by atoms with Gasteiger partial charge in [-0.25, -0.2) is 9.78 Å². The first-order valence-electron chi connectivity index (χ1n) is 7.82. The van der Waals surface area contributed by atoms with Crippen LogP contribution in [-0.4, -0.2) is 45.4 Å². The zero-order chi connectivity index (χ0) is 16.4. The summed E-state index contributed by atoms with van der Waals surface area (Å²) in [4.78, 5) is 40.9. The van der Waals surface area contributed by atoms with Gasteiger partial charge in [0, 0.05) is 17.8 Å². The number of nitrogens with zero attached hydrogens (tertiary/aromatic N) is 2. The van der Waals surface area contributed by atoms with Crippen LogP contribution in [0.15, 0.2) is 5.38 Å². The lowest BCUT2D eigenvalue weighted by molar-refractivity contribution is -0.148. The fraction of sp³-hybridized carbons (Fsp3) is 0.600. The third-order valence-corrected chi connectivity index (χ3v) is 5.25. The highest BCUT2D eigenvalue weighted by atomic mass is 32.1. The normalized spacial score (nSPS) is 21.0. The molecule has 1 unspecified atom stereocenters. The van der Waals surface area contributed by atoms with Gasteiger partial charge in [-0.3, -0.25) is 9.59 Å². The minimum absolute atomic E-state index is 0.00559. The summed E-state index contributed by atoms with van der Waals surface area (Å²) in [5, 5.41) is 14.1. The average Bonchev–Trinajstić information content (AvgIpc) is 3.05. The molecule has 7 nitrogen and oxygen atoms in total. The quantitative estimate of drug-likeness (QED) is 0.848. The molecule has 2 aliphatic rings. The van der Waals surface area contributed by atoms with Crippen LogP contribution in [0.3, 0.4) is 0 Å². The number of carbonyl (C=O) groups is 3. The van der Waals surface area contributed by atoms with E-state index in [0.717, 1.165) is 19.3 Å². The van der Waals surface area contributed by atoms with Gasteiger partial charge in [-0.2, -0.15) is 0 Å². The molecule has 1 aromatic rings. The predicted octanol–water partition coefficient (Wildman–Crippen LogP) is 1.50. The fourth-order valence-corrected chi connectivity index (χ4v) is 3.62. The van der Waals surface area contributed by atoms with Gasteiger partial charge >= 0.3 is 5.97 Å². The molecule has 1 aromatic heterocycles. The molecule has 124 valence electrons. The zero-order valence-electron chi connectivity index (χ0n) is 12.7. The molecule has 0 aromatic carbocycles. The fourth-order valence-electron chi connectivity index (χ4n) is 2.90. The summed E-state index contributed by atoms with van der Waals surface area (Å²) in [6, 6.07) is -0.723. The highest BCUT2D eigenvalue weighted by Crippen LogP contribution is 2.28. The number of carbonyl (C=O) groups excluding carboxylic acids is 2. The summed E-state index contributed by atoms with van der Waals surface area (Å²) in [7, 11) is 0. The lowest BCUT2D eigenvalue weighted by Gasteiger charge is -2.23. The van der Waals surface area contributed by atoms with E-state index in [4.69, 9.17) is 5.11 Å². The molecule has 3 rings (SSSR count). The van der Waals surface area contributed by atoms with Crippen molar-refractivity contribution in [2.24, 2.45) is 5.92 Å². The van der Waals surface area contributed by atoms with E-state index in [-0.39, 0.29) is 24.2 Å². The van der Waals surface area contributed by atoms with E-state index in [1.807, 2.05) is 0 Å². The number of rotatable bonds is 5. The van der Waals surface area contributed by atoms with E-state index in [0.29, 0.717) is 30.2 Å². The number of aromatic nitrogens is 1. The van der Waals surface area contributed by atoms with Crippen molar-refractivity contribution in [2.75, 3.05) is 11.9 Å². The molecule has 8 heteroatoms. The Balaban J connectivity index is 1.56. The van der Waals surface area contributed by atoms with E-state index >= 15 is 0 Å².